The van der Waals surface area contributed by atoms with Crippen molar-refractivity contribution in [3.8, 4) is 0 Å². The van der Waals surface area contributed by atoms with E-state index in [-0.39, 0.29) is 20.8 Å². The van der Waals surface area contributed by atoms with Gasteiger partial charge in [0.2, 0.25) is 0 Å². The average Bonchev–Trinajstić information content (AvgIpc) is 2.84. The van der Waals surface area contributed by atoms with Crippen molar-refractivity contribution in [1.29, 1.82) is 0 Å². The SMILES string of the molecule is CC(C)(C)OC(=O)NCCCOCCOCCOCCCN1C(=O)C(Br)=C(Br)C1=O. The molecule has 0 aliphatic carbocycles. The highest BCUT2D eigenvalue weighted by molar-refractivity contribution is 9.14. The van der Waals surface area contributed by atoms with E-state index in [0.717, 1.165) is 0 Å². The fourth-order valence-electron chi connectivity index (χ4n) is 2.27. The fourth-order valence-corrected chi connectivity index (χ4v) is 3.03. The van der Waals surface area contributed by atoms with Crippen LogP contribution in [-0.4, -0.2) is 81.1 Å². The number of ether oxygens (including phenoxy) is 4. The summed E-state index contributed by atoms with van der Waals surface area (Å²) in [4.78, 5) is 36.3. The molecule has 0 unspecified atom stereocenters. The number of hydrogen-bond acceptors (Lipinski definition) is 7. The van der Waals surface area contributed by atoms with Gasteiger partial charge in [0.1, 0.15) is 14.6 Å². The highest BCUT2D eigenvalue weighted by atomic mass is 79.9. The molecule has 0 atom stereocenters. The molecule has 0 spiro atoms. The van der Waals surface area contributed by atoms with E-state index in [1.807, 2.05) is 20.8 Å². The number of carbonyl (C=O) groups excluding carboxylic acids is 3. The van der Waals surface area contributed by atoms with E-state index in [1.54, 1.807) is 0 Å². The molecule has 1 N–H and O–H groups in total. The number of imide groups is 1. The van der Waals surface area contributed by atoms with Gasteiger partial charge in [0.05, 0.1) is 26.4 Å². The van der Waals surface area contributed by atoms with Gasteiger partial charge in [0.15, 0.2) is 0 Å². The van der Waals surface area contributed by atoms with E-state index in [2.05, 4.69) is 37.2 Å². The Morgan fingerprint density at radius 1 is 0.867 bits per heavy atom. The second kappa shape index (κ2) is 14.1. The topological polar surface area (TPSA) is 103 Å². The number of alkyl carbamates (subject to hydrolysis) is 1. The zero-order valence-corrected chi connectivity index (χ0v) is 20.8. The van der Waals surface area contributed by atoms with Crippen molar-refractivity contribution in [3.05, 3.63) is 8.96 Å². The summed E-state index contributed by atoms with van der Waals surface area (Å²) in [6.07, 6.45) is 0.813. The van der Waals surface area contributed by atoms with Crippen LogP contribution < -0.4 is 5.32 Å². The summed E-state index contributed by atoms with van der Waals surface area (Å²) in [7, 11) is 0. The van der Waals surface area contributed by atoms with Crippen LogP contribution in [0.3, 0.4) is 0 Å². The van der Waals surface area contributed by atoms with Gasteiger partial charge in [-0.3, -0.25) is 14.5 Å². The summed E-state index contributed by atoms with van der Waals surface area (Å²) in [5.74, 6) is -0.674. The molecule has 0 saturated carbocycles. The van der Waals surface area contributed by atoms with E-state index in [0.29, 0.717) is 65.6 Å². The van der Waals surface area contributed by atoms with Crippen molar-refractivity contribution in [2.45, 2.75) is 39.2 Å². The standard InChI is InChI=1S/C19H30Br2N2O7/c1-19(2,3)30-18(26)22-6-4-8-27-10-12-29-13-11-28-9-5-7-23-16(24)14(20)15(21)17(23)25/h4-13H2,1-3H3,(H,22,26). The second-order valence-electron chi connectivity index (χ2n) is 7.36. The molecule has 0 fully saturated rings. The van der Waals surface area contributed by atoms with E-state index >= 15 is 0 Å². The molecule has 172 valence electrons. The van der Waals surface area contributed by atoms with Crippen LogP contribution in [0, 0.1) is 0 Å². The third-order valence-corrected chi connectivity index (χ3v) is 5.61. The smallest absolute Gasteiger partial charge is 0.407 e. The number of nitrogens with one attached hydrogen (secondary N) is 1. The zero-order chi connectivity index (χ0) is 22.6. The minimum absolute atomic E-state index is 0.253. The molecule has 0 bridgehead atoms. The number of halogens is 2. The molecular formula is C19H30Br2N2O7. The van der Waals surface area contributed by atoms with Crippen LogP contribution in [0.5, 0.6) is 0 Å². The lowest BCUT2D eigenvalue weighted by atomic mass is 10.2. The van der Waals surface area contributed by atoms with E-state index in [1.165, 1.54) is 4.90 Å². The van der Waals surface area contributed by atoms with Crippen LogP contribution in [0.2, 0.25) is 0 Å². The van der Waals surface area contributed by atoms with Gasteiger partial charge < -0.3 is 24.3 Å². The average molecular weight is 558 g/mol. The fraction of sp³-hybridized carbons (Fsp3) is 0.737. The third kappa shape index (κ3) is 10.9. The molecule has 1 rings (SSSR count). The summed E-state index contributed by atoms with van der Waals surface area (Å²) in [6, 6.07) is 0. The van der Waals surface area contributed by atoms with Crippen molar-refractivity contribution in [1.82, 2.24) is 10.2 Å². The van der Waals surface area contributed by atoms with Crippen LogP contribution in [0.4, 0.5) is 4.79 Å². The summed E-state index contributed by atoms with van der Waals surface area (Å²) < 4.78 is 21.9. The van der Waals surface area contributed by atoms with Gasteiger partial charge >= 0.3 is 6.09 Å². The zero-order valence-electron chi connectivity index (χ0n) is 17.6. The van der Waals surface area contributed by atoms with E-state index in [4.69, 9.17) is 18.9 Å². The highest BCUT2D eigenvalue weighted by Gasteiger charge is 2.35. The maximum atomic E-state index is 11.8. The molecule has 0 aromatic heterocycles. The van der Waals surface area contributed by atoms with Gasteiger partial charge in [-0.05, 0) is 65.5 Å². The predicted octanol–water partition coefficient (Wildman–Crippen LogP) is 2.71. The number of nitrogens with zero attached hydrogens (tertiary/aromatic N) is 1. The van der Waals surface area contributed by atoms with Crippen molar-refractivity contribution in [2.24, 2.45) is 0 Å². The molecule has 1 aliphatic heterocycles. The van der Waals surface area contributed by atoms with Crippen molar-refractivity contribution in [3.63, 3.8) is 0 Å². The lowest BCUT2D eigenvalue weighted by Gasteiger charge is -2.19. The number of rotatable bonds is 14. The third-order valence-electron chi connectivity index (χ3n) is 3.61. The number of amides is 3. The highest BCUT2D eigenvalue weighted by Crippen LogP contribution is 2.29. The van der Waals surface area contributed by atoms with Gasteiger partial charge in [0, 0.05) is 26.3 Å². The van der Waals surface area contributed by atoms with Crippen molar-refractivity contribution < 1.29 is 33.3 Å². The Morgan fingerprint density at radius 2 is 1.33 bits per heavy atom. The number of hydrogen-bond donors (Lipinski definition) is 1. The van der Waals surface area contributed by atoms with Crippen molar-refractivity contribution in [2.75, 3.05) is 52.7 Å². The Labute approximate surface area is 194 Å². The maximum absolute atomic E-state index is 11.8. The van der Waals surface area contributed by atoms with Gasteiger partial charge in [-0.1, -0.05) is 0 Å². The Bertz CT molecular complexity index is 596. The minimum Gasteiger partial charge on any atom is -0.444 e. The summed E-state index contributed by atoms with van der Waals surface area (Å²) in [6.45, 7) is 8.96. The molecular weight excluding hydrogens is 528 g/mol. The first-order valence-electron chi connectivity index (χ1n) is 9.75. The normalized spacial score (nSPS) is 14.6. The van der Waals surface area contributed by atoms with Crippen LogP contribution in [0.15, 0.2) is 8.96 Å². The molecule has 11 heteroatoms. The molecule has 1 aliphatic rings. The van der Waals surface area contributed by atoms with Crippen molar-refractivity contribution >= 4 is 49.8 Å². The van der Waals surface area contributed by atoms with Crippen LogP contribution >= 0.6 is 31.9 Å². The quantitative estimate of drug-likeness (QED) is 0.259. The van der Waals surface area contributed by atoms with E-state index in [9.17, 15) is 14.4 Å². The first kappa shape index (κ1) is 27.0. The Morgan fingerprint density at radius 3 is 1.83 bits per heavy atom. The summed E-state index contributed by atoms with van der Waals surface area (Å²) in [5, 5.41) is 2.67. The maximum Gasteiger partial charge on any atom is 0.407 e. The molecule has 0 saturated heterocycles. The molecule has 30 heavy (non-hydrogen) atoms. The summed E-state index contributed by atoms with van der Waals surface area (Å²) >= 11 is 6.17. The lowest BCUT2D eigenvalue weighted by molar-refractivity contribution is -0.137. The molecule has 3 amide bonds. The summed E-state index contributed by atoms with van der Waals surface area (Å²) in [5.41, 5.74) is -0.500. The van der Waals surface area contributed by atoms with Gasteiger partial charge in [-0.25, -0.2) is 4.79 Å². The second-order valence-corrected chi connectivity index (χ2v) is 8.95. The van der Waals surface area contributed by atoms with Crippen LogP contribution in [-0.2, 0) is 28.5 Å². The van der Waals surface area contributed by atoms with Gasteiger partial charge in [-0.15, -0.1) is 0 Å². The molecule has 0 aromatic carbocycles. The monoisotopic (exact) mass is 556 g/mol. The Balaban J connectivity index is 1.86. The predicted molar refractivity (Wildman–Crippen MR) is 118 cm³/mol. The van der Waals surface area contributed by atoms with Crippen LogP contribution in [0.1, 0.15) is 33.6 Å². The minimum atomic E-state index is -0.500. The molecule has 0 aromatic rings. The Hall–Kier alpha value is -1.01. The van der Waals surface area contributed by atoms with E-state index < -0.39 is 11.7 Å². The molecule has 0 radical (unpaired) electrons. The molecule has 1 heterocycles. The first-order valence-corrected chi connectivity index (χ1v) is 11.3. The first-order chi connectivity index (χ1) is 14.1. The van der Waals surface area contributed by atoms with Crippen LogP contribution in [0.25, 0.3) is 0 Å². The largest absolute Gasteiger partial charge is 0.444 e. The van der Waals surface area contributed by atoms with Gasteiger partial charge in [-0.2, -0.15) is 0 Å². The van der Waals surface area contributed by atoms with Gasteiger partial charge in [0.25, 0.3) is 11.8 Å². The number of carbonyl (C=O) groups is 3. The molecule has 9 nitrogen and oxygen atoms in total. The lowest BCUT2D eigenvalue weighted by Crippen LogP contribution is -2.33. The Kier molecular flexibility index (Phi) is 12.7.